The number of ether oxygens (including phenoxy) is 1. The molecule has 21 heavy (non-hydrogen) atoms. The SMILES string of the molecule is COC(=O)c1ccc(N=Nc2ccc([N+](=O)[O-])cc2)cc1. The predicted octanol–water partition coefficient (Wildman–Crippen LogP) is 3.80. The summed E-state index contributed by atoms with van der Waals surface area (Å²) in [7, 11) is 1.31. The lowest BCUT2D eigenvalue weighted by Crippen LogP contribution is -1.99. The molecule has 0 aromatic heterocycles. The molecule has 7 nitrogen and oxygen atoms in total. The molecule has 0 atom stereocenters. The minimum absolute atomic E-state index is 0.00335. The second-order valence-electron chi connectivity index (χ2n) is 4.01. The van der Waals surface area contributed by atoms with E-state index < -0.39 is 10.9 Å². The van der Waals surface area contributed by atoms with Crippen LogP contribution in [0.15, 0.2) is 58.8 Å². The number of nitro benzene ring substituents is 1. The summed E-state index contributed by atoms with van der Waals surface area (Å²) >= 11 is 0. The first-order valence-corrected chi connectivity index (χ1v) is 5.95. The summed E-state index contributed by atoms with van der Waals surface area (Å²) in [5.74, 6) is -0.422. The average Bonchev–Trinajstić information content (AvgIpc) is 2.53. The van der Waals surface area contributed by atoms with Crippen LogP contribution in [-0.4, -0.2) is 18.0 Å². The Labute approximate surface area is 120 Å². The van der Waals surface area contributed by atoms with Gasteiger partial charge in [0.1, 0.15) is 0 Å². The molecule has 0 unspecified atom stereocenters. The predicted molar refractivity (Wildman–Crippen MR) is 75.1 cm³/mol. The first-order chi connectivity index (χ1) is 10.1. The van der Waals surface area contributed by atoms with Gasteiger partial charge in [-0.15, -0.1) is 0 Å². The number of rotatable bonds is 4. The average molecular weight is 285 g/mol. The number of carbonyl (C=O) groups is 1. The van der Waals surface area contributed by atoms with E-state index in [2.05, 4.69) is 15.0 Å². The third-order valence-corrected chi connectivity index (χ3v) is 2.63. The largest absolute Gasteiger partial charge is 0.465 e. The van der Waals surface area contributed by atoms with Gasteiger partial charge in [-0.2, -0.15) is 10.2 Å². The third-order valence-electron chi connectivity index (χ3n) is 2.63. The van der Waals surface area contributed by atoms with Gasteiger partial charge < -0.3 is 4.74 Å². The summed E-state index contributed by atoms with van der Waals surface area (Å²) in [6.07, 6.45) is 0. The van der Waals surface area contributed by atoms with Gasteiger partial charge in [-0.3, -0.25) is 10.1 Å². The molecule has 0 spiro atoms. The summed E-state index contributed by atoms with van der Waals surface area (Å²) in [5, 5.41) is 18.5. The number of nitrogens with zero attached hydrogens (tertiary/aromatic N) is 3. The van der Waals surface area contributed by atoms with Crippen molar-refractivity contribution in [3.8, 4) is 0 Å². The fourth-order valence-electron chi connectivity index (χ4n) is 1.54. The van der Waals surface area contributed by atoms with Crippen LogP contribution >= 0.6 is 0 Å². The highest BCUT2D eigenvalue weighted by molar-refractivity contribution is 5.89. The van der Waals surface area contributed by atoms with Crippen LogP contribution in [0, 0.1) is 10.1 Å². The van der Waals surface area contributed by atoms with Crippen LogP contribution in [0.3, 0.4) is 0 Å². The van der Waals surface area contributed by atoms with Crippen molar-refractivity contribution in [1.82, 2.24) is 0 Å². The van der Waals surface area contributed by atoms with Crippen molar-refractivity contribution in [1.29, 1.82) is 0 Å². The maximum atomic E-state index is 11.3. The lowest BCUT2D eigenvalue weighted by Gasteiger charge is -1.98. The van der Waals surface area contributed by atoms with Crippen LogP contribution in [0.5, 0.6) is 0 Å². The van der Waals surface area contributed by atoms with Gasteiger partial charge >= 0.3 is 5.97 Å². The van der Waals surface area contributed by atoms with Crippen molar-refractivity contribution < 1.29 is 14.5 Å². The number of methoxy groups -OCH3 is 1. The molecule has 0 radical (unpaired) electrons. The lowest BCUT2D eigenvalue weighted by atomic mass is 10.2. The smallest absolute Gasteiger partial charge is 0.337 e. The molecule has 2 aromatic carbocycles. The zero-order valence-electron chi connectivity index (χ0n) is 11.1. The molecule has 0 N–H and O–H groups in total. The number of nitro groups is 1. The number of hydrogen-bond acceptors (Lipinski definition) is 6. The molecule has 0 bridgehead atoms. The first kappa shape index (κ1) is 14.3. The van der Waals surface area contributed by atoms with Crippen LogP contribution < -0.4 is 0 Å². The van der Waals surface area contributed by atoms with Crippen LogP contribution in [0.1, 0.15) is 10.4 Å². The highest BCUT2D eigenvalue weighted by Gasteiger charge is 2.04. The van der Waals surface area contributed by atoms with Crippen LogP contribution in [0.2, 0.25) is 0 Å². The van der Waals surface area contributed by atoms with E-state index in [0.29, 0.717) is 16.9 Å². The molecule has 0 amide bonds. The number of hydrogen-bond donors (Lipinski definition) is 0. The highest BCUT2D eigenvalue weighted by atomic mass is 16.6. The van der Waals surface area contributed by atoms with Gasteiger partial charge in [0.05, 0.1) is 29.0 Å². The van der Waals surface area contributed by atoms with Gasteiger partial charge in [-0.25, -0.2) is 4.79 Å². The minimum Gasteiger partial charge on any atom is -0.465 e. The molecular weight excluding hydrogens is 274 g/mol. The molecule has 0 aliphatic carbocycles. The van der Waals surface area contributed by atoms with Crippen molar-refractivity contribution in [2.24, 2.45) is 10.2 Å². The Kier molecular flexibility index (Phi) is 4.35. The van der Waals surface area contributed by atoms with Gasteiger partial charge in [0.15, 0.2) is 0 Å². The molecule has 0 aliphatic rings. The Bertz CT molecular complexity index is 678. The normalized spacial score (nSPS) is 10.5. The van der Waals surface area contributed by atoms with Crippen LogP contribution in [0.4, 0.5) is 17.1 Å². The molecule has 0 heterocycles. The second kappa shape index (κ2) is 6.38. The maximum absolute atomic E-state index is 11.3. The van der Waals surface area contributed by atoms with E-state index in [1.54, 1.807) is 24.3 Å². The molecule has 106 valence electrons. The zero-order valence-corrected chi connectivity index (χ0v) is 11.1. The molecular formula is C14H11N3O4. The molecule has 0 aliphatic heterocycles. The Morgan fingerprint density at radius 1 is 1.00 bits per heavy atom. The van der Waals surface area contributed by atoms with E-state index >= 15 is 0 Å². The maximum Gasteiger partial charge on any atom is 0.337 e. The van der Waals surface area contributed by atoms with Gasteiger partial charge in [0.25, 0.3) is 5.69 Å². The quantitative estimate of drug-likeness (QED) is 0.369. The molecule has 0 saturated heterocycles. The summed E-state index contributed by atoms with van der Waals surface area (Å²) < 4.78 is 4.59. The number of carbonyl (C=O) groups excluding carboxylic acids is 1. The standard InChI is InChI=1S/C14H11N3O4/c1-21-14(18)10-2-4-11(5-3-10)15-16-12-6-8-13(9-7-12)17(19)20/h2-9H,1H3. The van der Waals surface area contributed by atoms with Gasteiger partial charge in [0.2, 0.25) is 0 Å². The Morgan fingerprint density at radius 2 is 1.48 bits per heavy atom. The molecule has 7 heteroatoms. The van der Waals surface area contributed by atoms with Crippen molar-refractivity contribution >= 4 is 23.0 Å². The Balaban J connectivity index is 2.10. The van der Waals surface area contributed by atoms with Crippen molar-refractivity contribution in [3.05, 3.63) is 64.2 Å². The van der Waals surface area contributed by atoms with E-state index in [0.717, 1.165) is 0 Å². The van der Waals surface area contributed by atoms with Gasteiger partial charge in [-0.1, -0.05) is 0 Å². The van der Waals surface area contributed by atoms with E-state index in [1.165, 1.54) is 31.4 Å². The topological polar surface area (TPSA) is 94.2 Å². The number of esters is 1. The minimum atomic E-state index is -0.480. The first-order valence-electron chi connectivity index (χ1n) is 5.95. The van der Waals surface area contributed by atoms with E-state index in [1.807, 2.05) is 0 Å². The number of benzene rings is 2. The Morgan fingerprint density at radius 3 is 1.90 bits per heavy atom. The molecule has 0 saturated carbocycles. The highest BCUT2D eigenvalue weighted by Crippen LogP contribution is 2.21. The lowest BCUT2D eigenvalue weighted by molar-refractivity contribution is -0.384. The van der Waals surface area contributed by atoms with Gasteiger partial charge in [-0.05, 0) is 36.4 Å². The fourth-order valence-corrected chi connectivity index (χ4v) is 1.54. The fraction of sp³-hybridized carbons (Fsp3) is 0.0714. The number of azo groups is 1. The zero-order chi connectivity index (χ0) is 15.2. The van der Waals surface area contributed by atoms with E-state index in [-0.39, 0.29) is 5.69 Å². The molecule has 2 aromatic rings. The second-order valence-corrected chi connectivity index (χ2v) is 4.01. The number of non-ortho nitro benzene ring substituents is 1. The Hall–Kier alpha value is -3.09. The van der Waals surface area contributed by atoms with Crippen molar-refractivity contribution in [3.63, 3.8) is 0 Å². The van der Waals surface area contributed by atoms with E-state index in [4.69, 9.17) is 0 Å². The summed E-state index contributed by atoms with van der Waals surface area (Å²) in [6, 6.07) is 12.1. The summed E-state index contributed by atoms with van der Waals surface area (Å²) in [6.45, 7) is 0. The third kappa shape index (κ3) is 3.69. The monoisotopic (exact) mass is 285 g/mol. The van der Waals surface area contributed by atoms with Gasteiger partial charge in [0, 0.05) is 12.1 Å². The van der Waals surface area contributed by atoms with Crippen molar-refractivity contribution in [2.45, 2.75) is 0 Å². The molecule has 0 fully saturated rings. The van der Waals surface area contributed by atoms with Crippen LogP contribution in [-0.2, 0) is 4.74 Å². The summed E-state index contributed by atoms with van der Waals surface area (Å²) in [5.41, 5.74) is 1.47. The van der Waals surface area contributed by atoms with E-state index in [9.17, 15) is 14.9 Å². The summed E-state index contributed by atoms with van der Waals surface area (Å²) in [4.78, 5) is 21.3. The van der Waals surface area contributed by atoms with Crippen molar-refractivity contribution in [2.75, 3.05) is 7.11 Å². The van der Waals surface area contributed by atoms with Crippen LogP contribution in [0.25, 0.3) is 0 Å². The molecule has 2 rings (SSSR count).